The molecular weight excluding hydrogens is 266 g/mol. The van der Waals surface area contributed by atoms with Crippen molar-refractivity contribution in [3.63, 3.8) is 0 Å². The van der Waals surface area contributed by atoms with E-state index in [9.17, 15) is 13.5 Å². The largest absolute Gasteiger partial charge is 0.395 e. The molecule has 1 N–H and O–H groups in total. The zero-order valence-corrected chi connectivity index (χ0v) is 12.2. The highest BCUT2D eigenvalue weighted by atomic mass is 32.2. The quantitative estimate of drug-likeness (QED) is 0.867. The number of aliphatic hydroxyl groups is 1. The van der Waals surface area contributed by atoms with Gasteiger partial charge in [-0.25, -0.2) is 13.4 Å². The maximum absolute atomic E-state index is 12.5. The number of nitrogens with zero attached hydrogens (tertiary/aromatic N) is 3. The van der Waals surface area contributed by atoms with E-state index in [-0.39, 0.29) is 17.7 Å². The van der Waals surface area contributed by atoms with Crippen LogP contribution >= 0.6 is 0 Å². The normalized spacial score (nSPS) is 21.1. The van der Waals surface area contributed by atoms with Crippen molar-refractivity contribution in [2.24, 2.45) is 0 Å². The fourth-order valence-corrected chi connectivity index (χ4v) is 4.18. The Morgan fingerprint density at radius 2 is 2.26 bits per heavy atom. The Balaban J connectivity index is 2.31. The van der Waals surface area contributed by atoms with Gasteiger partial charge in [-0.3, -0.25) is 0 Å². The maximum atomic E-state index is 12.5. The SMILES string of the molecule is CCCn1cc(S(=O)(=O)N2CCCC2CO)nc1C. The second-order valence-corrected chi connectivity index (χ2v) is 6.75. The highest BCUT2D eigenvalue weighted by molar-refractivity contribution is 7.89. The first kappa shape index (κ1) is 14.5. The minimum absolute atomic E-state index is 0.0961. The van der Waals surface area contributed by atoms with Crippen LogP contribution in [-0.4, -0.2) is 46.6 Å². The van der Waals surface area contributed by atoms with Crippen LogP contribution in [0.15, 0.2) is 11.2 Å². The van der Waals surface area contributed by atoms with Crippen molar-refractivity contribution >= 4 is 10.0 Å². The molecule has 6 nitrogen and oxygen atoms in total. The van der Waals surface area contributed by atoms with Gasteiger partial charge in [-0.2, -0.15) is 4.31 Å². The molecule has 0 aromatic carbocycles. The second-order valence-electron chi connectivity index (χ2n) is 4.91. The fraction of sp³-hybridized carbons (Fsp3) is 0.750. The Hall–Kier alpha value is -0.920. The average molecular weight is 287 g/mol. The van der Waals surface area contributed by atoms with E-state index in [0.29, 0.717) is 18.8 Å². The number of aromatic nitrogens is 2. The zero-order chi connectivity index (χ0) is 14.0. The molecule has 2 rings (SSSR count). The summed E-state index contributed by atoms with van der Waals surface area (Å²) < 4.78 is 28.3. The molecule has 0 saturated carbocycles. The molecular formula is C12H21N3O3S. The lowest BCUT2D eigenvalue weighted by Gasteiger charge is -2.20. The Morgan fingerprint density at radius 1 is 1.53 bits per heavy atom. The van der Waals surface area contributed by atoms with Gasteiger partial charge in [0.2, 0.25) is 0 Å². The van der Waals surface area contributed by atoms with E-state index in [1.165, 1.54) is 4.31 Å². The molecule has 1 atom stereocenters. The number of aliphatic hydroxyl groups excluding tert-OH is 1. The van der Waals surface area contributed by atoms with Gasteiger partial charge in [0.25, 0.3) is 10.0 Å². The van der Waals surface area contributed by atoms with Crippen LogP contribution in [0.2, 0.25) is 0 Å². The Bertz CT molecular complexity index is 538. The van der Waals surface area contributed by atoms with Gasteiger partial charge < -0.3 is 9.67 Å². The van der Waals surface area contributed by atoms with Gasteiger partial charge in [-0.15, -0.1) is 0 Å². The van der Waals surface area contributed by atoms with Crippen molar-refractivity contribution in [3.05, 3.63) is 12.0 Å². The van der Waals surface area contributed by atoms with Gasteiger partial charge in [0.1, 0.15) is 5.82 Å². The van der Waals surface area contributed by atoms with Crippen LogP contribution in [0.5, 0.6) is 0 Å². The average Bonchev–Trinajstić information content (AvgIpc) is 2.97. The number of rotatable bonds is 5. The summed E-state index contributed by atoms with van der Waals surface area (Å²) in [5, 5.41) is 9.36. The Morgan fingerprint density at radius 3 is 2.89 bits per heavy atom. The molecule has 0 aliphatic carbocycles. The Kier molecular flexibility index (Phi) is 4.27. The number of imidazole rings is 1. The third-order valence-electron chi connectivity index (χ3n) is 3.53. The molecule has 7 heteroatoms. The maximum Gasteiger partial charge on any atom is 0.262 e. The van der Waals surface area contributed by atoms with Crippen LogP contribution in [0.4, 0.5) is 0 Å². The molecule has 2 heterocycles. The zero-order valence-electron chi connectivity index (χ0n) is 11.4. The monoisotopic (exact) mass is 287 g/mol. The van der Waals surface area contributed by atoms with Crippen molar-refractivity contribution < 1.29 is 13.5 Å². The van der Waals surface area contributed by atoms with E-state index in [1.807, 2.05) is 18.4 Å². The molecule has 0 bridgehead atoms. The van der Waals surface area contributed by atoms with E-state index >= 15 is 0 Å². The van der Waals surface area contributed by atoms with Crippen molar-refractivity contribution in [1.29, 1.82) is 0 Å². The summed E-state index contributed by atoms with van der Waals surface area (Å²) >= 11 is 0. The first-order chi connectivity index (χ1) is 9.00. The highest BCUT2D eigenvalue weighted by Gasteiger charge is 2.36. The van der Waals surface area contributed by atoms with Crippen LogP contribution in [0, 0.1) is 6.92 Å². The highest BCUT2D eigenvalue weighted by Crippen LogP contribution is 2.25. The summed E-state index contributed by atoms with van der Waals surface area (Å²) in [6.45, 7) is 4.94. The molecule has 1 saturated heterocycles. The van der Waals surface area contributed by atoms with E-state index < -0.39 is 10.0 Å². The van der Waals surface area contributed by atoms with Gasteiger partial charge >= 0.3 is 0 Å². The number of aryl methyl sites for hydroxylation is 2. The van der Waals surface area contributed by atoms with Gasteiger partial charge in [-0.05, 0) is 26.2 Å². The van der Waals surface area contributed by atoms with Crippen LogP contribution in [0.3, 0.4) is 0 Å². The van der Waals surface area contributed by atoms with Gasteiger partial charge in [0, 0.05) is 25.3 Å². The smallest absolute Gasteiger partial charge is 0.262 e. The van der Waals surface area contributed by atoms with Crippen molar-refractivity contribution in [1.82, 2.24) is 13.9 Å². The van der Waals surface area contributed by atoms with Gasteiger partial charge in [0.15, 0.2) is 5.03 Å². The van der Waals surface area contributed by atoms with E-state index in [4.69, 9.17) is 0 Å². The molecule has 1 aromatic heterocycles. The minimum atomic E-state index is -3.58. The van der Waals surface area contributed by atoms with Crippen LogP contribution < -0.4 is 0 Å². The summed E-state index contributed by atoms with van der Waals surface area (Å²) in [6.07, 6.45) is 4.03. The van der Waals surface area contributed by atoms with Crippen LogP contribution in [0.1, 0.15) is 32.0 Å². The van der Waals surface area contributed by atoms with Crippen LogP contribution in [-0.2, 0) is 16.6 Å². The lowest BCUT2D eigenvalue weighted by molar-refractivity contribution is 0.213. The molecule has 108 valence electrons. The van der Waals surface area contributed by atoms with E-state index in [0.717, 1.165) is 19.4 Å². The molecule has 0 radical (unpaired) electrons. The summed E-state index contributed by atoms with van der Waals surface area (Å²) in [4.78, 5) is 4.17. The van der Waals surface area contributed by atoms with Crippen LogP contribution in [0.25, 0.3) is 0 Å². The summed E-state index contributed by atoms with van der Waals surface area (Å²) in [6, 6.07) is -0.304. The van der Waals surface area contributed by atoms with E-state index in [2.05, 4.69) is 4.98 Å². The molecule has 1 aliphatic rings. The molecule has 1 fully saturated rings. The fourth-order valence-electron chi connectivity index (χ4n) is 2.50. The van der Waals surface area contributed by atoms with Gasteiger partial charge in [-0.1, -0.05) is 6.92 Å². The lowest BCUT2D eigenvalue weighted by Crippen LogP contribution is -2.37. The molecule has 1 aromatic rings. The minimum Gasteiger partial charge on any atom is -0.395 e. The molecule has 0 spiro atoms. The van der Waals surface area contributed by atoms with Crippen molar-refractivity contribution in [2.45, 2.75) is 50.7 Å². The molecule has 0 amide bonds. The number of sulfonamides is 1. The Labute approximate surface area is 114 Å². The predicted octanol–water partition coefficient (Wildman–Crippen LogP) is 0.747. The van der Waals surface area contributed by atoms with Crippen molar-refractivity contribution in [2.75, 3.05) is 13.2 Å². The molecule has 1 aliphatic heterocycles. The predicted molar refractivity (Wildman–Crippen MR) is 71.3 cm³/mol. The summed E-state index contributed by atoms with van der Waals surface area (Å²) in [7, 11) is -3.58. The first-order valence-electron chi connectivity index (χ1n) is 6.67. The number of hydrogen-bond donors (Lipinski definition) is 1. The standard InChI is InChI=1S/C12H21N3O3S/c1-3-6-14-8-12(13-10(14)2)19(17,18)15-7-4-5-11(15)9-16/h8,11,16H,3-7,9H2,1-2H3. The lowest BCUT2D eigenvalue weighted by atomic mass is 10.2. The van der Waals surface area contributed by atoms with E-state index in [1.54, 1.807) is 6.20 Å². The molecule has 19 heavy (non-hydrogen) atoms. The van der Waals surface area contributed by atoms with Crippen molar-refractivity contribution in [3.8, 4) is 0 Å². The topological polar surface area (TPSA) is 75.4 Å². The summed E-state index contributed by atoms with van der Waals surface area (Å²) in [5.74, 6) is 0.708. The number of hydrogen-bond acceptors (Lipinski definition) is 4. The van der Waals surface area contributed by atoms with Gasteiger partial charge in [0.05, 0.1) is 6.61 Å². The third kappa shape index (κ3) is 2.68. The second kappa shape index (κ2) is 5.60. The molecule has 1 unspecified atom stereocenters. The summed E-state index contributed by atoms with van der Waals surface area (Å²) in [5.41, 5.74) is 0. The third-order valence-corrected chi connectivity index (χ3v) is 5.35. The first-order valence-corrected chi connectivity index (χ1v) is 8.11.